The van der Waals surface area contributed by atoms with Crippen LogP contribution in [0.5, 0.6) is 0 Å². The summed E-state index contributed by atoms with van der Waals surface area (Å²) >= 11 is 5.72. The van der Waals surface area contributed by atoms with Gasteiger partial charge in [-0.15, -0.1) is 0 Å². The van der Waals surface area contributed by atoms with Crippen LogP contribution in [0.2, 0.25) is 5.02 Å². The van der Waals surface area contributed by atoms with Gasteiger partial charge in [-0.1, -0.05) is 11.6 Å². The number of pyridine rings is 1. The van der Waals surface area contributed by atoms with Crippen molar-refractivity contribution >= 4 is 23.1 Å². The minimum Gasteiger partial charge on any atom is -0.337 e. The second kappa shape index (κ2) is 4.98. The number of aromatic nitrogens is 1. The van der Waals surface area contributed by atoms with E-state index in [1.165, 1.54) is 18.3 Å². The van der Waals surface area contributed by atoms with E-state index < -0.39 is 11.6 Å². The standard InChI is InChI=1S/C12H6ClF2N3/c13-9-4-8(14)5-10(15)12(9)18-11-3-7(6-16)1-2-17-11/h1-5H,(H,17,18). The Morgan fingerprint density at radius 1 is 1.28 bits per heavy atom. The fourth-order valence-corrected chi connectivity index (χ4v) is 1.60. The quantitative estimate of drug-likeness (QED) is 0.902. The molecule has 6 heteroatoms. The van der Waals surface area contributed by atoms with E-state index in [1.54, 1.807) is 0 Å². The van der Waals surface area contributed by atoms with Crippen LogP contribution in [0.15, 0.2) is 30.5 Å². The zero-order valence-corrected chi connectivity index (χ0v) is 9.67. The van der Waals surface area contributed by atoms with Crippen molar-refractivity contribution in [1.82, 2.24) is 4.98 Å². The molecule has 0 radical (unpaired) electrons. The molecule has 0 aliphatic rings. The highest BCUT2D eigenvalue weighted by Crippen LogP contribution is 2.28. The number of hydrogen-bond acceptors (Lipinski definition) is 3. The Bertz CT molecular complexity index is 614. The maximum atomic E-state index is 13.5. The average Bonchev–Trinajstić information content (AvgIpc) is 2.34. The number of halogens is 3. The average molecular weight is 266 g/mol. The molecule has 1 aromatic carbocycles. The van der Waals surface area contributed by atoms with Gasteiger partial charge in [-0.25, -0.2) is 13.8 Å². The molecule has 0 saturated carbocycles. The third-order valence-corrected chi connectivity index (χ3v) is 2.45. The minimum atomic E-state index is -0.829. The van der Waals surface area contributed by atoms with Crippen LogP contribution in [0.25, 0.3) is 0 Å². The SMILES string of the molecule is N#Cc1ccnc(Nc2c(F)cc(F)cc2Cl)c1. The molecule has 0 fully saturated rings. The molecule has 0 aliphatic heterocycles. The number of hydrogen-bond donors (Lipinski definition) is 1. The maximum absolute atomic E-state index is 13.5. The number of rotatable bonds is 2. The van der Waals surface area contributed by atoms with E-state index in [0.717, 1.165) is 6.07 Å². The van der Waals surface area contributed by atoms with E-state index in [9.17, 15) is 8.78 Å². The zero-order valence-electron chi connectivity index (χ0n) is 8.92. The van der Waals surface area contributed by atoms with E-state index in [-0.39, 0.29) is 16.5 Å². The summed E-state index contributed by atoms with van der Waals surface area (Å²) in [6.07, 6.45) is 1.40. The fraction of sp³-hybridized carbons (Fsp3) is 0. The van der Waals surface area contributed by atoms with Gasteiger partial charge in [0.2, 0.25) is 0 Å². The summed E-state index contributed by atoms with van der Waals surface area (Å²) in [5.74, 6) is -1.34. The molecule has 0 amide bonds. The molecule has 1 N–H and O–H groups in total. The van der Waals surface area contributed by atoms with E-state index in [1.807, 2.05) is 6.07 Å². The van der Waals surface area contributed by atoms with Gasteiger partial charge in [-0.3, -0.25) is 0 Å². The highest BCUT2D eigenvalue weighted by Gasteiger charge is 2.10. The van der Waals surface area contributed by atoms with Crippen molar-refractivity contribution in [2.24, 2.45) is 0 Å². The maximum Gasteiger partial charge on any atom is 0.151 e. The van der Waals surface area contributed by atoms with Crippen LogP contribution in [0.1, 0.15) is 5.56 Å². The van der Waals surface area contributed by atoms with Crippen molar-refractivity contribution in [1.29, 1.82) is 5.26 Å². The molecule has 0 saturated heterocycles. The Kier molecular flexibility index (Phi) is 3.40. The molecule has 2 aromatic rings. The highest BCUT2D eigenvalue weighted by atomic mass is 35.5. The molecule has 0 bridgehead atoms. The van der Waals surface area contributed by atoms with Gasteiger partial charge in [-0.05, 0) is 18.2 Å². The summed E-state index contributed by atoms with van der Waals surface area (Å²) in [6.45, 7) is 0. The van der Waals surface area contributed by atoms with Crippen LogP contribution in [0.4, 0.5) is 20.3 Å². The van der Waals surface area contributed by atoms with E-state index >= 15 is 0 Å². The van der Waals surface area contributed by atoms with Crippen LogP contribution in [-0.2, 0) is 0 Å². The first-order chi connectivity index (χ1) is 8.60. The molecule has 1 heterocycles. The van der Waals surface area contributed by atoms with Crippen LogP contribution in [0, 0.1) is 23.0 Å². The van der Waals surface area contributed by atoms with Crippen LogP contribution >= 0.6 is 11.6 Å². The molecule has 0 atom stereocenters. The van der Waals surface area contributed by atoms with E-state index in [4.69, 9.17) is 16.9 Å². The molecular weight excluding hydrogens is 260 g/mol. The van der Waals surface area contributed by atoms with Crippen LogP contribution in [-0.4, -0.2) is 4.98 Å². The van der Waals surface area contributed by atoms with Gasteiger partial charge < -0.3 is 5.32 Å². The number of nitriles is 1. The van der Waals surface area contributed by atoms with Gasteiger partial charge in [-0.2, -0.15) is 5.26 Å². The molecule has 0 aliphatic carbocycles. The molecule has 1 aromatic heterocycles. The summed E-state index contributed by atoms with van der Waals surface area (Å²) in [7, 11) is 0. The molecular formula is C12H6ClF2N3. The Hall–Kier alpha value is -2.19. The molecule has 2 rings (SSSR count). The van der Waals surface area contributed by atoms with Gasteiger partial charge in [0.1, 0.15) is 11.6 Å². The lowest BCUT2D eigenvalue weighted by Gasteiger charge is -2.08. The summed E-state index contributed by atoms with van der Waals surface area (Å²) in [6, 6.07) is 6.56. The van der Waals surface area contributed by atoms with Crippen LogP contribution in [0.3, 0.4) is 0 Å². The van der Waals surface area contributed by atoms with Crippen LogP contribution < -0.4 is 5.32 Å². The second-order valence-corrected chi connectivity index (χ2v) is 3.82. The molecule has 0 unspecified atom stereocenters. The van der Waals surface area contributed by atoms with Crippen molar-refractivity contribution in [3.63, 3.8) is 0 Å². The van der Waals surface area contributed by atoms with Crippen molar-refractivity contribution in [2.75, 3.05) is 5.32 Å². The predicted molar refractivity (Wildman–Crippen MR) is 63.6 cm³/mol. The number of nitrogens with zero attached hydrogens (tertiary/aromatic N) is 2. The Balaban J connectivity index is 2.37. The second-order valence-electron chi connectivity index (χ2n) is 3.41. The highest BCUT2D eigenvalue weighted by molar-refractivity contribution is 6.33. The van der Waals surface area contributed by atoms with Crippen molar-refractivity contribution in [3.05, 3.63) is 52.7 Å². The van der Waals surface area contributed by atoms with Gasteiger partial charge in [0.15, 0.2) is 5.82 Å². The fourth-order valence-electron chi connectivity index (χ4n) is 1.36. The van der Waals surface area contributed by atoms with E-state index in [2.05, 4.69) is 10.3 Å². The van der Waals surface area contributed by atoms with Crippen molar-refractivity contribution < 1.29 is 8.78 Å². The number of benzene rings is 1. The molecule has 3 nitrogen and oxygen atoms in total. The first-order valence-electron chi connectivity index (χ1n) is 4.88. The molecule has 0 spiro atoms. The van der Waals surface area contributed by atoms with Crippen molar-refractivity contribution in [3.8, 4) is 6.07 Å². The zero-order chi connectivity index (χ0) is 13.1. The van der Waals surface area contributed by atoms with E-state index in [0.29, 0.717) is 11.6 Å². The lowest BCUT2D eigenvalue weighted by atomic mass is 10.2. The first kappa shape index (κ1) is 12.3. The Labute approximate surface area is 107 Å². The van der Waals surface area contributed by atoms with Crippen molar-refractivity contribution in [2.45, 2.75) is 0 Å². The normalized spacial score (nSPS) is 9.89. The Morgan fingerprint density at radius 2 is 2.06 bits per heavy atom. The third-order valence-electron chi connectivity index (χ3n) is 2.15. The monoisotopic (exact) mass is 265 g/mol. The summed E-state index contributed by atoms with van der Waals surface area (Å²) in [5.41, 5.74) is 0.284. The van der Waals surface area contributed by atoms with Gasteiger partial charge in [0.05, 0.1) is 22.3 Å². The third kappa shape index (κ3) is 2.55. The largest absolute Gasteiger partial charge is 0.337 e. The molecule has 90 valence electrons. The lowest BCUT2D eigenvalue weighted by Crippen LogP contribution is -1.98. The number of nitrogens with one attached hydrogen (secondary N) is 1. The molecule has 18 heavy (non-hydrogen) atoms. The van der Waals surface area contributed by atoms with Gasteiger partial charge >= 0.3 is 0 Å². The first-order valence-corrected chi connectivity index (χ1v) is 5.25. The van der Waals surface area contributed by atoms with Gasteiger partial charge in [0.25, 0.3) is 0 Å². The Morgan fingerprint density at radius 3 is 2.72 bits per heavy atom. The summed E-state index contributed by atoms with van der Waals surface area (Å²) < 4.78 is 26.4. The summed E-state index contributed by atoms with van der Waals surface area (Å²) in [5, 5.41) is 11.2. The predicted octanol–water partition coefficient (Wildman–Crippen LogP) is 3.63. The van der Waals surface area contributed by atoms with Gasteiger partial charge in [0, 0.05) is 12.3 Å². The minimum absolute atomic E-state index is 0.0827. The lowest BCUT2D eigenvalue weighted by molar-refractivity contribution is 0.586. The summed E-state index contributed by atoms with van der Waals surface area (Å²) in [4.78, 5) is 3.91. The smallest absolute Gasteiger partial charge is 0.151 e. The topological polar surface area (TPSA) is 48.7 Å². The number of anilines is 2.